The standard InChI is InChI=1S/C10H14BrClN2/c1-7(2)9(12)6-14-10-3-4-13-5-8(10)11/h3-5,7,9H,6H2,1-2H3,(H,13,14). The molecule has 1 aromatic rings. The Morgan fingerprint density at radius 1 is 1.57 bits per heavy atom. The maximum atomic E-state index is 6.12. The molecule has 0 fully saturated rings. The van der Waals surface area contributed by atoms with Crippen molar-refractivity contribution in [2.24, 2.45) is 5.92 Å². The summed E-state index contributed by atoms with van der Waals surface area (Å²) in [5.74, 6) is 0.477. The maximum Gasteiger partial charge on any atom is 0.0590 e. The Morgan fingerprint density at radius 2 is 2.29 bits per heavy atom. The van der Waals surface area contributed by atoms with Crippen molar-refractivity contribution in [1.82, 2.24) is 4.98 Å². The van der Waals surface area contributed by atoms with Gasteiger partial charge in [-0.2, -0.15) is 0 Å². The molecule has 0 amide bonds. The predicted molar refractivity (Wildman–Crippen MR) is 64.9 cm³/mol. The molecule has 1 N–H and O–H groups in total. The van der Waals surface area contributed by atoms with E-state index >= 15 is 0 Å². The zero-order chi connectivity index (χ0) is 10.6. The van der Waals surface area contributed by atoms with E-state index in [4.69, 9.17) is 11.6 Å². The Labute approximate surface area is 98.2 Å². The molecule has 0 aliphatic rings. The van der Waals surface area contributed by atoms with Gasteiger partial charge in [0.2, 0.25) is 0 Å². The molecule has 1 rings (SSSR count). The summed E-state index contributed by atoms with van der Waals surface area (Å²) in [5, 5.41) is 3.42. The van der Waals surface area contributed by atoms with E-state index in [9.17, 15) is 0 Å². The Morgan fingerprint density at radius 3 is 2.86 bits per heavy atom. The SMILES string of the molecule is CC(C)C(Cl)CNc1ccncc1Br. The van der Waals surface area contributed by atoms with Crippen molar-refractivity contribution in [2.75, 3.05) is 11.9 Å². The second kappa shape index (κ2) is 5.56. The van der Waals surface area contributed by atoms with Crippen LogP contribution in [0.2, 0.25) is 0 Å². The highest BCUT2D eigenvalue weighted by Gasteiger charge is 2.09. The lowest BCUT2D eigenvalue weighted by atomic mass is 10.1. The van der Waals surface area contributed by atoms with E-state index in [1.807, 2.05) is 6.07 Å². The van der Waals surface area contributed by atoms with E-state index in [0.717, 1.165) is 16.7 Å². The van der Waals surface area contributed by atoms with Gasteiger partial charge in [-0.3, -0.25) is 4.98 Å². The largest absolute Gasteiger partial charge is 0.383 e. The van der Waals surface area contributed by atoms with Crippen LogP contribution in [0.3, 0.4) is 0 Å². The van der Waals surface area contributed by atoms with Crippen LogP contribution in [-0.4, -0.2) is 16.9 Å². The Balaban J connectivity index is 2.50. The number of hydrogen-bond donors (Lipinski definition) is 1. The first-order valence-electron chi connectivity index (χ1n) is 4.58. The van der Waals surface area contributed by atoms with Gasteiger partial charge in [0.1, 0.15) is 0 Å². The first-order valence-corrected chi connectivity index (χ1v) is 5.81. The molecule has 1 unspecified atom stereocenters. The quantitative estimate of drug-likeness (QED) is 0.852. The number of halogens is 2. The van der Waals surface area contributed by atoms with E-state index in [1.165, 1.54) is 0 Å². The summed E-state index contributed by atoms with van der Waals surface area (Å²) in [5.41, 5.74) is 1.03. The third-order valence-corrected chi connectivity index (χ3v) is 3.27. The van der Waals surface area contributed by atoms with Crippen LogP contribution in [-0.2, 0) is 0 Å². The van der Waals surface area contributed by atoms with Crippen LogP contribution in [0.1, 0.15) is 13.8 Å². The van der Waals surface area contributed by atoms with E-state index in [-0.39, 0.29) is 5.38 Å². The molecule has 0 aliphatic heterocycles. The van der Waals surface area contributed by atoms with Crippen molar-refractivity contribution < 1.29 is 0 Å². The van der Waals surface area contributed by atoms with Crippen molar-refractivity contribution in [3.05, 3.63) is 22.9 Å². The number of anilines is 1. The lowest BCUT2D eigenvalue weighted by Crippen LogP contribution is -2.19. The summed E-state index contributed by atoms with van der Waals surface area (Å²) in [6.45, 7) is 4.99. The van der Waals surface area contributed by atoms with Gasteiger partial charge in [-0.25, -0.2) is 0 Å². The zero-order valence-electron chi connectivity index (χ0n) is 8.30. The molecule has 0 spiro atoms. The van der Waals surface area contributed by atoms with Gasteiger partial charge in [-0.1, -0.05) is 13.8 Å². The smallest absolute Gasteiger partial charge is 0.0590 e. The number of rotatable bonds is 4. The summed E-state index contributed by atoms with van der Waals surface area (Å²) >= 11 is 9.54. The van der Waals surface area contributed by atoms with Crippen LogP contribution in [0.15, 0.2) is 22.9 Å². The molecular formula is C10H14BrClN2. The highest BCUT2D eigenvalue weighted by molar-refractivity contribution is 9.10. The van der Waals surface area contributed by atoms with Gasteiger partial charge in [0.05, 0.1) is 15.5 Å². The van der Waals surface area contributed by atoms with Crippen LogP contribution in [0, 0.1) is 5.92 Å². The third-order valence-electron chi connectivity index (χ3n) is 1.98. The van der Waals surface area contributed by atoms with E-state index in [2.05, 4.69) is 40.1 Å². The number of aromatic nitrogens is 1. The van der Waals surface area contributed by atoms with Gasteiger partial charge in [-0.05, 0) is 27.9 Å². The third kappa shape index (κ3) is 3.46. The maximum absolute atomic E-state index is 6.12. The van der Waals surface area contributed by atoms with Crippen molar-refractivity contribution in [2.45, 2.75) is 19.2 Å². The molecule has 0 aromatic carbocycles. The highest BCUT2D eigenvalue weighted by atomic mass is 79.9. The van der Waals surface area contributed by atoms with Gasteiger partial charge in [0.15, 0.2) is 0 Å². The van der Waals surface area contributed by atoms with Crippen molar-refractivity contribution in [3.8, 4) is 0 Å². The minimum absolute atomic E-state index is 0.148. The molecule has 0 radical (unpaired) electrons. The van der Waals surface area contributed by atoms with Crippen molar-refractivity contribution in [3.63, 3.8) is 0 Å². The fourth-order valence-electron chi connectivity index (χ4n) is 0.962. The first-order chi connectivity index (χ1) is 6.61. The summed E-state index contributed by atoms with van der Waals surface area (Å²) in [6.07, 6.45) is 3.52. The van der Waals surface area contributed by atoms with Gasteiger partial charge < -0.3 is 5.32 Å². The number of alkyl halides is 1. The number of nitrogens with zero attached hydrogens (tertiary/aromatic N) is 1. The molecule has 4 heteroatoms. The van der Waals surface area contributed by atoms with Gasteiger partial charge in [0.25, 0.3) is 0 Å². The summed E-state index contributed by atoms with van der Waals surface area (Å²) in [6, 6.07) is 1.92. The molecule has 1 heterocycles. The van der Waals surface area contributed by atoms with Crippen LogP contribution < -0.4 is 5.32 Å². The first kappa shape index (κ1) is 11.8. The van der Waals surface area contributed by atoms with Gasteiger partial charge in [0, 0.05) is 18.9 Å². The molecule has 1 aromatic heterocycles. The second-order valence-electron chi connectivity index (χ2n) is 3.50. The Hall–Kier alpha value is -0.280. The Bertz CT molecular complexity index is 291. The summed E-state index contributed by atoms with van der Waals surface area (Å²) < 4.78 is 0.965. The van der Waals surface area contributed by atoms with E-state index in [1.54, 1.807) is 12.4 Å². The fourth-order valence-corrected chi connectivity index (χ4v) is 1.43. The normalized spacial score (nSPS) is 12.9. The monoisotopic (exact) mass is 276 g/mol. The lowest BCUT2D eigenvalue weighted by Gasteiger charge is -2.15. The zero-order valence-corrected chi connectivity index (χ0v) is 10.6. The fraction of sp³-hybridized carbons (Fsp3) is 0.500. The van der Waals surface area contributed by atoms with E-state index in [0.29, 0.717) is 5.92 Å². The summed E-state index contributed by atoms with van der Waals surface area (Å²) in [7, 11) is 0. The minimum Gasteiger partial charge on any atom is -0.383 e. The van der Waals surface area contributed by atoms with Crippen LogP contribution in [0.4, 0.5) is 5.69 Å². The van der Waals surface area contributed by atoms with Crippen LogP contribution in [0.25, 0.3) is 0 Å². The lowest BCUT2D eigenvalue weighted by molar-refractivity contribution is 0.616. The number of pyridine rings is 1. The molecule has 0 saturated carbocycles. The molecule has 2 nitrogen and oxygen atoms in total. The minimum atomic E-state index is 0.148. The van der Waals surface area contributed by atoms with Crippen molar-refractivity contribution in [1.29, 1.82) is 0 Å². The molecule has 1 atom stereocenters. The van der Waals surface area contributed by atoms with Crippen LogP contribution >= 0.6 is 27.5 Å². The highest BCUT2D eigenvalue weighted by Crippen LogP contribution is 2.20. The second-order valence-corrected chi connectivity index (χ2v) is 4.91. The van der Waals surface area contributed by atoms with Crippen LogP contribution in [0.5, 0.6) is 0 Å². The number of nitrogens with one attached hydrogen (secondary N) is 1. The van der Waals surface area contributed by atoms with Gasteiger partial charge in [-0.15, -0.1) is 11.6 Å². The molecule has 14 heavy (non-hydrogen) atoms. The average molecular weight is 278 g/mol. The van der Waals surface area contributed by atoms with E-state index < -0.39 is 0 Å². The van der Waals surface area contributed by atoms with Crippen molar-refractivity contribution >= 4 is 33.2 Å². The molecule has 0 saturated heterocycles. The Kier molecular flexibility index (Phi) is 4.69. The molecule has 0 bridgehead atoms. The number of hydrogen-bond acceptors (Lipinski definition) is 2. The molecule has 78 valence electrons. The topological polar surface area (TPSA) is 24.9 Å². The summed E-state index contributed by atoms with van der Waals surface area (Å²) in [4.78, 5) is 3.99. The predicted octanol–water partition coefficient (Wildman–Crippen LogP) is 3.52. The molecule has 0 aliphatic carbocycles. The average Bonchev–Trinajstić information content (AvgIpc) is 2.16. The van der Waals surface area contributed by atoms with Gasteiger partial charge >= 0.3 is 0 Å². The molecular weight excluding hydrogens is 263 g/mol.